The number of ether oxygens (including phenoxy) is 1. The van der Waals surface area contributed by atoms with E-state index in [0.29, 0.717) is 11.9 Å². The van der Waals surface area contributed by atoms with Crippen molar-refractivity contribution in [2.24, 2.45) is 0 Å². The second-order valence-corrected chi connectivity index (χ2v) is 4.07. The van der Waals surface area contributed by atoms with E-state index < -0.39 is 0 Å². The molecule has 0 saturated heterocycles. The van der Waals surface area contributed by atoms with Crippen molar-refractivity contribution in [3.05, 3.63) is 30.3 Å². The van der Waals surface area contributed by atoms with E-state index in [1.807, 2.05) is 50.5 Å². The maximum atomic E-state index is 8.54. The Morgan fingerprint density at radius 2 is 1.95 bits per heavy atom. The molecule has 0 amide bonds. The third kappa shape index (κ3) is 3.55. The number of rotatable bonds is 5. The molecule has 0 spiro atoms. The number of nitrogens with zero attached hydrogens (tertiary/aromatic N) is 5. The third-order valence-corrected chi connectivity index (χ3v) is 2.30. The summed E-state index contributed by atoms with van der Waals surface area (Å²) < 4.78 is 5.13. The Kier molecular flexibility index (Phi) is 4.29. The summed E-state index contributed by atoms with van der Waals surface area (Å²) in [5, 5.41) is 11.6. The van der Waals surface area contributed by atoms with Crippen molar-refractivity contribution in [3.8, 4) is 12.1 Å². The average molecular weight is 270 g/mol. The van der Waals surface area contributed by atoms with Gasteiger partial charge in [0.05, 0.1) is 0 Å². The number of aromatic nitrogens is 3. The van der Waals surface area contributed by atoms with Gasteiger partial charge in [0.25, 0.3) is 0 Å². The van der Waals surface area contributed by atoms with Crippen LogP contribution in [0.4, 0.5) is 17.6 Å². The zero-order valence-electron chi connectivity index (χ0n) is 11.2. The number of para-hydroxylation sites is 1. The fourth-order valence-corrected chi connectivity index (χ4v) is 1.41. The molecule has 0 unspecified atom stereocenters. The molecule has 1 aromatic carbocycles. The highest BCUT2D eigenvalue weighted by Crippen LogP contribution is 2.17. The lowest BCUT2D eigenvalue weighted by Gasteiger charge is -2.13. The SMILES string of the molecule is CN(C)c1nc(Nc2ccccc2)nc(OCC#N)n1. The quantitative estimate of drug-likeness (QED) is 0.882. The van der Waals surface area contributed by atoms with Crippen molar-refractivity contribution in [2.45, 2.75) is 0 Å². The molecule has 0 fully saturated rings. The molecule has 2 aromatic rings. The number of benzene rings is 1. The Balaban J connectivity index is 2.27. The summed E-state index contributed by atoms with van der Waals surface area (Å²) in [6, 6.07) is 11.5. The van der Waals surface area contributed by atoms with Gasteiger partial charge >= 0.3 is 6.01 Å². The Labute approximate surface area is 116 Å². The molecular formula is C13H14N6O. The lowest BCUT2D eigenvalue weighted by molar-refractivity contribution is 0.337. The van der Waals surface area contributed by atoms with Gasteiger partial charge in [-0.3, -0.25) is 0 Å². The number of nitrogens with one attached hydrogen (secondary N) is 1. The van der Waals surface area contributed by atoms with E-state index in [9.17, 15) is 0 Å². The van der Waals surface area contributed by atoms with Gasteiger partial charge in [-0.05, 0) is 12.1 Å². The van der Waals surface area contributed by atoms with Crippen LogP contribution in [-0.2, 0) is 0 Å². The normalized spacial score (nSPS) is 9.65. The summed E-state index contributed by atoms with van der Waals surface area (Å²) in [6.45, 7) is -0.109. The maximum Gasteiger partial charge on any atom is 0.324 e. The first kappa shape index (κ1) is 13.5. The van der Waals surface area contributed by atoms with E-state index in [1.54, 1.807) is 4.90 Å². The molecule has 0 atom stereocenters. The minimum absolute atomic E-state index is 0.109. The van der Waals surface area contributed by atoms with Gasteiger partial charge in [0.1, 0.15) is 6.07 Å². The number of nitriles is 1. The van der Waals surface area contributed by atoms with Crippen LogP contribution in [0.2, 0.25) is 0 Å². The fraction of sp³-hybridized carbons (Fsp3) is 0.231. The molecule has 0 aliphatic rings. The smallest absolute Gasteiger partial charge is 0.324 e. The minimum atomic E-state index is -0.109. The minimum Gasteiger partial charge on any atom is -0.448 e. The van der Waals surface area contributed by atoms with Crippen molar-refractivity contribution in [3.63, 3.8) is 0 Å². The highest BCUT2D eigenvalue weighted by Gasteiger charge is 2.09. The van der Waals surface area contributed by atoms with E-state index in [2.05, 4.69) is 20.3 Å². The van der Waals surface area contributed by atoms with Crippen molar-refractivity contribution in [2.75, 3.05) is 30.9 Å². The molecular weight excluding hydrogens is 256 g/mol. The van der Waals surface area contributed by atoms with Gasteiger partial charge in [-0.25, -0.2) is 0 Å². The molecule has 0 saturated carbocycles. The van der Waals surface area contributed by atoms with Gasteiger partial charge in [-0.15, -0.1) is 0 Å². The molecule has 1 aromatic heterocycles. The molecule has 0 aliphatic carbocycles. The van der Waals surface area contributed by atoms with Crippen LogP contribution in [0.15, 0.2) is 30.3 Å². The second-order valence-electron chi connectivity index (χ2n) is 4.07. The van der Waals surface area contributed by atoms with Crippen molar-refractivity contribution in [1.82, 2.24) is 15.0 Å². The van der Waals surface area contributed by atoms with Gasteiger partial charge in [0.15, 0.2) is 6.61 Å². The van der Waals surface area contributed by atoms with Crippen molar-refractivity contribution in [1.29, 1.82) is 5.26 Å². The molecule has 1 N–H and O–H groups in total. The lowest BCUT2D eigenvalue weighted by atomic mass is 10.3. The van der Waals surface area contributed by atoms with Gasteiger partial charge in [-0.1, -0.05) is 18.2 Å². The van der Waals surface area contributed by atoms with E-state index in [4.69, 9.17) is 10.00 Å². The summed E-state index contributed by atoms with van der Waals surface area (Å²) in [6.07, 6.45) is 0. The van der Waals surface area contributed by atoms with Crippen LogP contribution in [0.5, 0.6) is 6.01 Å². The summed E-state index contributed by atoms with van der Waals surface area (Å²) in [7, 11) is 3.63. The van der Waals surface area contributed by atoms with Crippen molar-refractivity contribution >= 4 is 17.6 Å². The Hall–Kier alpha value is -2.88. The molecule has 7 nitrogen and oxygen atoms in total. The van der Waals surface area contributed by atoms with Crippen molar-refractivity contribution < 1.29 is 4.74 Å². The summed E-state index contributed by atoms with van der Waals surface area (Å²) >= 11 is 0. The van der Waals surface area contributed by atoms with Crippen LogP contribution in [-0.4, -0.2) is 35.7 Å². The third-order valence-electron chi connectivity index (χ3n) is 2.30. The van der Waals surface area contributed by atoms with Crippen LogP contribution >= 0.6 is 0 Å². The predicted molar refractivity (Wildman–Crippen MR) is 75.0 cm³/mol. The predicted octanol–water partition coefficient (Wildman–Crippen LogP) is 1.58. The zero-order chi connectivity index (χ0) is 14.4. The summed E-state index contributed by atoms with van der Waals surface area (Å²) in [5.41, 5.74) is 0.856. The van der Waals surface area contributed by atoms with E-state index >= 15 is 0 Å². The first-order chi connectivity index (χ1) is 9.69. The van der Waals surface area contributed by atoms with Crippen LogP contribution in [0, 0.1) is 11.3 Å². The van der Waals surface area contributed by atoms with Crippen LogP contribution in [0.1, 0.15) is 0 Å². The summed E-state index contributed by atoms with van der Waals surface area (Å²) in [5.74, 6) is 0.814. The van der Waals surface area contributed by atoms with Crippen LogP contribution < -0.4 is 15.0 Å². The topological polar surface area (TPSA) is 87.0 Å². The van der Waals surface area contributed by atoms with Gasteiger partial charge in [0.2, 0.25) is 11.9 Å². The van der Waals surface area contributed by atoms with Gasteiger partial charge in [-0.2, -0.15) is 20.2 Å². The average Bonchev–Trinajstić information content (AvgIpc) is 2.46. The molecule has 0 bridgehead atoms. The van der Waals surface area contributed by atoms with Gasteiger partial charge < -0.3 is 15.0 Å². The van der Waals surface area contributed by atoms with E-state index in [1.165, 1.54) is 0 Å². The molecule has 1 heterocycles. The lowest BCUT2D eigenvalue weighted by Crippen LogP contribution is -2.15. The molecule has 0 aliphatic heterocycles. The molecule has 7 heteroatoms. The highest BCUT2D eigenvalue weighted by molar-refractivity contribution is 5.54. The van der Waals surface area contributed by atoms with Crippen LogP contribution in [0.25, 0.3) is 0 Å². The first-order valence-corrected chi connectivity index (χ1v) is 5.94. The number of anilines is 3. The molecule has 0 radical (unpaired) electrons. The second kappa shape index (κ2) is 6.33. The molecule has 20 heavy (non-hydrogen) atoms. The zero-order valence-corrected chi connectivity index (χ0v) is 11.2. The van der Waals surface area contributed by atoms with E-state index in [-0.39, 0.29) is 12.6 Å². The van der Waals surface area contributed by atoms with Gasteiger partial charge in [0, 0.05) is 19.8 Å². The monoisotopic (exact) mass is 270 g/mol. The maximum absolute atomic E-state index is 8.54. The summed E-state index contributed by atoms with van der Waals surface area (Å²) in [4.78, 5) is 14.2. The fourth-order valence-electron chi connectivity index (χ4n) is 1.41. The Morgan fingerprint density at radius 3 is 2.60 bits per heavy atom. The highest BCUT2D eigenvalue weighted by atomic mass is 16.5. The Morgan fingerprint density at radius 1 is 1.20 bits per heavy atom. The Bertz CT molecular complexity index is 608. The number of hydrogen-bond acceptors (Lipinski definition) is 7. The standard InChI is InChI=1S/C13H14N6O/c1-19(2)12-16-11(15-10-6-4-3-5-7-10)17-13(18-12)20-9-8-14/h3-7H,9H2,1-2H3,(H,15,16,17,18). The van der Waals surface area contributed by atoms with E-state index in [0.717, 1.165) is 5.69 Å². The van der Waals surface area contributed by atoms with Crippen LogP contribution in [0.3, 0.4) is 0 Å². The first-order valence-electron chi connectivity index (χ1n) is 5.94. The largest absolute Gasteiger partial charge is 0.448 e. The molecule has 2 rings (SSSR count). The molecule has 102 valence electrons. The number of hydrogen-bond donors (Lipinski definition) is 1.